The predicted molar refractivity (Wildman–Crippen MR) is 89.7 cm³/mol. The molecule has 0 bridgehead atoms. The van der Waals surface area contributed by atoms with Gasteiger partial charge >= 0.3 is 6.18 Å². The fourth-order valence-electron chi connectivity index (χ4n) is 2.04. The van der Waals surface area contributed by atoms with E-state index in [0.717, 1.165) is 22.6 Å². The van der Waals surface area contributed by atoms with Crippen LogP contribution in [0.15, 0.2) is 54.7 Å². The van der Waals surface area contributed by atoms with Crippen molar-refractivity contribution in [1.82, 2.24) is 4.98 Å². The molecule has 1 aromatic heterocycles. The maximum atomic E-state index is 12.6. The number of hydrogen-bond donors (Lipinski definition) is 0. The maximum Gasteiger partial charge on any atom is 0.416 e. The van der Waals surface area contributed by atoms with Crippen LogP contribution in [0, 0.1) is 18.8 Å². The Hall–Kier alpha value is -2.58. The van der Waals surface area contributed by atoms with Crippen LogP contribution < -0.4 is 0 Å². The van der Waals surface area contributed by atoms with Gasteiger partial charge in [0, 0.05) is 11.1 Å². The van der Waals surface area contributed by atoms with Crippen LogP contribution in [0.1, 0.15) is 21.6 Å². The number of aryl methyl sites for hydroxylation is 1. The number of alkyl halides is 3. The molecule has 1 nitrogen and oxygen atoms in total. The summed E-state index contributed by atoms with van der Waals surface area (Å²) in [5.74, 6) is 6.09. The molecule has 2 aromatic carbocycles. The molecule has 3 aromatic rings. The molecule has 0 atom stereocenters. The van der Waals surface area contributed by atoms with Crippen molar-refractivity contribution in [2.45, 2.75) is 13.1 Å². The Morgan fingerprint density at radius 3 is 2.21 bits per heavy atom. The molecule has 0 aliphatic carbocycles. The zero-order valence-electron chi connectivity index (χ0n) is 12.7. The molecular weight excluding hydrogens is 331 g/mol. The highest BCUT2D eigenvalue weighted by Gasteiger charge is 2.30. The number of hydrogen-bond acceptors (Lipinski definition) is 2. The summed E-state index contributed by atoms with van der Waals surface area (Å²) in [6.45, 7) is 2.01. The van der Waals surface area contributed by atoms with Crippen LogP contribution in [-0.4, -0.2) is 4.98 Å². The molecule has 120 valence electrons. The molecular formula is C19H12F3NS. The maximum absolute atomic E-state index is 12.6. The second-order valence-corrected chi connectivity index (χ2v) is 6.25. The van der Waals surface area contributed by atoms with Gasteiger partial charge < -0.3 is 0 Å². The summed E-state index contributed by atoms with van der Waals surface area (Å²) in [5, 5.41) is 0.650. The average molecular weight is 343 g/mol. The zero-order valence-corrected chi connectivity index (χ0v) is 13.5. The van der Waals surface area contributed by atoms with Gasteiger partial charge in [0.05, 0.1) is 16.6 Å². The Morgan fingerprint density at radius 1 is 0.917 bits per heavy atom. The molecule has 24 heavy (non-hydrogen) atoms. The summed E-state index contributed by atoms with van der Waals surface area (Å²) in [4.78, 5) is 5.01. The zero-order chi connectivity index (χ0) is 17.2. The molecule has 3 rings (SSSR count). The molecule has 1 heterocycles. The Bertz CT molecular complexity index is 895. The van der Waals surface area contributed by atoms with Crippen molar-refractivity contribution in [3.8, 4) is 22.4 Å². The van der Waals surface area contributed by atoms with Crippen LogP contribution in [-0.2, 0) is 6.18 Å². The topological polar surface area (TPSA) is 12.9 Å². The lowest BCUT2D eigenvalue weighted by atomic mass is 10.1. The molecule has 0 fully saturated rings. The van der Waals surface area contributed by atoms with Gasteiger partial charge in [0.15, 0.2) is 0 Å². The van der Waals surface area contributed by atoms with Crippen molar-refractivity contribution in [3.63, 3.8) is 0 Å². The normalized spacial score (nSPS) is 11.0. The van der Waals surface area contributed by atoms with Crippen LogP contribution in [0.3, 0.4) is 0 Å². The van der Waals surface area contributed by atoms with E-state index in [-0.39, 0.29) is 0 Å². The van der Waals surface area contributed by atoms with Gasteiger partial charge in [-0.3, -0.25) is 0 Å². The van der Waals surface area contributed by atoms with E-state index in [1.807, 2.05) is 31.2 Å². The summed E-state index contributed by atoms with van der Waals surface area (Å²) in [6.07, 6.45) is -2.69. The molecule has 0 aliphatic rings. The Kier molecular flexibility index (Phi) is 4.41. The minimum atomic E-state index is -4.33. The molecule has 0 aliphatic heterocycles. The van der Waals surface area contributed by atoms with Crippen molar-refractivity contribution in [2.75, 3.05) is 0 Å². The molecule has 0 saturated heterocycles. The second kappa shape index (κ2) is 6.50. The lowest BCUT2D eigenvalue weighted by Gasteiger charge is -2.06. The molecule has 5 heteroatoms. The van der Waals surface area contributed by atoms with Crippen LogP contribution in [0.5, 0.6) is 0 Å². The standard InChI is InChI=1S/C19H12F3NS/c1-13-2-4-14(5-3-13)6-11-17-12-23-18(24-17)15-7-9-16(10-8-15)19(20,21)22/h2-5,7-10,12H,1H3. The number of aromatic nitrogens is 1. The summed E-state index contributed by atoms with van der Waals surface area (Å²) >= 11 is 1.36. The van der Waals surface area contributed by atoms with Crippen molar-refractivity contribution in [1.29, 1.82) is 0 Å². The van der Waals surface area contributed by atoms with Crippen molar-refractivity contribution in [3.05, 3.63) is 76.3 Å². The fourth-order valence-corrected chi connectivity index (χ4v) is 2.81. The van der Waals surface area contributed by atoms with Gasteiger partial charge in [-0.15, -0.1) is 11.3 Å². The minimum Gasteiger partial charge on any atom is -0.243 e. The number of halogens is 3. The first-order valence-corrected chi connectivity index (χ1v) is 7.95. The smallest absolute Gasteiger partial charge is 0.243 e. The lowest BCUT2D eigenvalue weighted by molar-refractivity contribution is -0.137. The van der Waals surface area contributed by atoms with Crippen molar-refractivity contribution < 1.29 is 13.2 Å². The van der Waals surface area contributed by atoms with E-state index < -0.39 is 11.7 Å². The summed E-state index contributed by atoms with van der Waals surface area (Å²) in [7, 11) is 0. The van der Waals surface area contributed by atoms with Gasteiger partial charge in [0.25, 0.3) is 0 Å². The fraction of sp³-hybridized carbons (Fsp3) is 0.105. The largest absolute Gasteiger partial charge is 0.416 e. The Balaban J connectivity index is 1.80. The van der Waals surface area contributed by atoms with E-state index in [4.69, 9.17) is 0 Å². The van der Waals surface area contributed by atoms with Gasteiger partial charge in [-0.25, -0.2) is 4.98 Å². The molecule has 0 saturated carbocycles. The summed E-state index contributed by atoms with van der Waals surface area (Å²) in [5.41, 5.74) is 2.06. The molecule has 0 N–H and O–H groups in total. The highest BCUT2D eigenvalue weighted by molar-refractivity contribution is 7.15. The Morgan fingerprint density at radius 2 is 1.58 bits per heavy atom. The van der Waals surface area contributed by atoms with Gasteiger partial charge in [-0.1, -0.05) is 35.7 Å². The second-order valence-electron chi connectivity index (χ2n) is 5.22. The molecule has 0 spiro atoms. The average Bonchev–Trinajstić information content (AvgIpc) is 3.03. The van der Waals surface area contributed by atoms with Crippen LogP contribution in [0.4, 0.5) is 13.2 Å². The SMILES string of the molecule is Cc1ccc(C#Cc2cnc(-c3ccc(C(F)(F)F)cc3)s2)cc1. The van der Waals surface area contributed by atoms with E-state index in [1.54, 1.807) is 6.20 Å². The van der Waals surface area contributed by atoms with Gasteiger partial charge in [0.1, 0.15) is 5.01 Å². The van der Waals surface area contributed by atoms with Gasteiger partial charge in [-0.05, 0) is 37.1 Å². The highest BCUT2D eigenvalue weighted by atomic mass is 32.1. The minimum absolute atomic E-state index is 0.649. The highest BCUT2D eigenvalue weighted by Crippen LogP contribution is 2.31. The number of benzene rings is 2. The molecule has 0 amide bonds. The van der Waals surface area contributed by atoms with E-state index >= 15 is 0 Å². The molecule has 0 radical (unpaired) electrons. The third-order valence-electron chi connectivity index (χ3n) is 3.35. The van der Waals surface area contributed by atoms with Crippen molar-refractivity contribution >= 4 is 11.3 Å². The van der Waals surface area contributed by atoms with Crippen molar-refractivity contribution in [2.24, 2.45) is 0 Å². The monoisotopic (exact) mass is 343 g/mol. The quantitative estimate of drug-likeness (QED) is 0.529. The number of thiazole rings is 1. The van der Waals surface area contributed by atoms with Crippen LogP contribution in [0.25, 0.3) is 10.6 Å². The van der Waals surface area contributed by atoms with Gasteiger partial charge in [0.2, 0.25) is 0 Å². The first kappa shape index (κ1) is 16.3. The molecule has 0 unspecified atom stereocenters. The predicted octanol–water partition coefficient (Wildman–Crippen LogP) is 5.54. The first-order chi connectivity index (χ1) is 11.4. The van der Waals surface area contributed by atoms with Crippen LogP contribution >= 0.6 is 11.3 Å². The van der Waals surface area contributed by atoms with Gasteiger partial charge in [-0.2, -0.15) is 13.2 Å². The van der Waals surface area contributed by atoms with E-state index in [9.17, 15) is 13.2 Å². The summed E-state index contributed by atoms with van der Waals surface area (Å²) < 4.78 is 37.7. The van der Waals surface area contributed by atoms with E-state index in [2.05, 4.69) is 16.8 Å². The Labute approximate surface area is 141 Å². The van der Waals surface area contributed by atoms with E-state index in [0.29, 0.717) is 10.6 Å². The third-order valence-corrected chi connectivity index (χ3v) is 4.31. The first-order valence-electron chi connectivity index (χ1n) is 7.14. The number of nitrogens with zero attached hydrogens (tertiary/aromatic N) is 1. The van der Waals surface area contributed by atoms with Crippen LogP contribution in [0.2, 0.25) is 0 Å². The third kappa shape index (κ3) is 3.84. The summed E-state index contributed by atoms with van der Waals surface area (Å²) in [6, 6.07) is 12.9. The van der Waals surface area contributed by atoms with E-state index in [1.165, 1.54) is 29.0 Å². The number of rotatable bonds is 1. The lowest BCUT2D eigenvalue weighted by Crippen LogP contribution is -2.03.